The fourth-order valence-electron chi connectivity index (χ4n) is 2.35. The highest BCUT2D eigenvalue weighted by Crippen LogP contribution is 2.43. The molecule has 0 amide bonds. The molecule has 2 bridgehead atoms. The molecule has 0 aromatic carbocycles. The average Bonchev–Trinajstić information content (AvgIpc) is 2.20. The third-order valence-corrected chi connectivity index (χ3v) is 5.83. The molecule has 0 aromatic heterocycles. The first kappa shape index (κ1) is 6.65. The number of fused-ring (bicyclic) bond motifs is 2. The van der Waals surface area contributed by atoms with E-state index in [1.54, 1.807) is 0 Å². The Morgan fingerprint density at radius 3 is 2.20 bits per heavy atom. The molecule has 0 unspecified atom stereocenters. The molecule has 0 saturated carbocycles. The molecule has 0 N–H and O–H groups in total. The standard InChI is InChI=1S/C7H12O2S/c1-5-4-6-2-3-7(5)10(6,8)9/h5-7H,2-4H2,1H3/t5-,6-,7+/m0/s1. The molecule has 2 nitrogen and oxygen atoms in total. The van der Waals surface area contributed by atoms with Crippen LogP contribution in [0.1, 0.15) is 26.2 Å². The summed E-state index contributed by atoms with van der Waals surface area (Å²) >= 11 is 0. The van der Waals surface area contributed by atoms with E-state index < -0.39 is 9.84 Å². The first-order valence-electron chi connectivity index (χ1n) is 3.85. The quantitative estimate of drug-likeness (QED) is 0.529. The van der Waals surface area contributed by atoms with Gasteiger partial charge in [0.2, 0.25) is 0 Å². The predicted molar refractivity (Wildman–Crippen MR) is 39.5 cm³/mol. The topological polar surface area (TPSA) is 34.1 Å². The van der Waals surface area contributed by atoms with Gasteiger partial charge in [0.15, 0.2) is 9.84 Å². The van der Waals surface area contributed by atoms with Gasteiger partial charge in [-0.15, -0.1) is 0 Å². The highest BCUT2D eigenvalue weighted by atomic mass is 32.2. The van der Waals surface area contributed by atoms with Gasteiger partial charge in [-0.1, -0.05) is 6.92 Å². The van der Waals surface area contributed by atoms with Crippen LogP contribution in [0.3, 0.4) is 0 Å². The molecule has 0 aromatic rings. The normalized spacial score (nSPS) is 49.9. The highest BCUT2D eigenvalue weighted by molar-refractivity contribution is 7.93. The molecule has 58 valence electrons. The number of hydrogen-bond donors (Lipinski definition) is 0. The van der Waals surface area contributed by atoms with E-state index in [0.29, 0.717) is 5.92 Å². The summed E-state index contributed by atoms with van der Waals surface area (Å²) in [5, 5.41) is 0.0602. The molecule has 3 heteroatoms. The van der Waals surface area contributed by atoms with E-state index in [-0.39, 0.29) is 10.5 Å². The van der Waals surface area contributed by atoms with Crippen LogP contribution >= 0.6 is 0 Å². The molecule has 2 aliphatic heterocycles. The second-order valence-electron chi connectivity index (χ2n) is 3.54. The van der Waals surface area contributed by atoms with Crippen LogP contribution in [0, 0.1) is 5.92 Å². The predicted octanol–water partition coefficient (Wildman–Crippen LogP) is 0.972. The Kier molecular flexibility index (Phi) is 1.17. The summed E-state index contributed by atoms with van der Waals surface area (Å²) in [6.07, 6.45) is 2.78. The lowest BCUT2D eigenvalue weighted by Crippen LogP contribution is -2.15. The lowest BCUT2D eigenvalue weighted by Gasteiger charge is -2.11. The van der Waals surface area contributed by atoms with E-state index in [4.69, 9.17) is 0 Å². The van der Waals surface area contributed by atoms with E-state index in [9.17, 15) is 8.42 Å². The van der Waals surface area contributed by atoms with Crippen molar-refractivity contribution in [1.82, 2.24) is 0 Å². The van der Waals surface area contributed by atoms with E-state index in [1.807, 2.05) is 0 Å². The van der Waals surface area contributed by atoms with Gasteiger partial charge in [-0.25, -0.2) is 8.42 Å². The first-order valence-corrected chi connectivity index (χ1v) is 5.46. The zero-order valence-electron chi connectivity index (χ0n) is 6.08. The smallest absolute Gasteiger partial charge is 0.156 e. The van der Waals surface area contributed by atoms with Crippen molar-refractivity contribution < 1.29 is 8.42 Å². The molecule has 2 heterocycles. The van der Waals surface area contributed by atoms with E-state index >= 15 is 0 Å². The second kappa shape index (κ2) is 1.76. The largest absolute Gasteiger partial charge is 0.228 e. The van der Waals surface area contributed by atoms with Crippen LogP contribution in [0.15, 0.2) is 0 Å². The molecule has 2 aliphatic rings. The van der Waals surface area contributed by atoms with Crippen LogP contribution in [-0.2, 0) is 9.84 Å². The lowest BCUT2D eigenvalue weighted by atomic mass is 9.91. The summed E-state index contributed by atoms with van der Waals surface area (Å²) in [7, 11) is -2.64. The van der Waals surface area contributed by atoms with Crippen molar-refractivity contribution in [3.63, 3.8) is 0 Å². The summed E-state index contributed by atoms with van der Waals surface area (Å²) < 4.78 is 22.7. The van der Waals surface area contributed by atoms with Gasteiger partial charge in [-0.05, 0) is 25.2 Å². The van der Waals surface area contributed by atoms with Crippen molar-refractivity contribution in [2.24, 2.45) is 5.92 Å². The summed E-state index contributed by atoms with van der Waals surface area (Å²) in [5.74, 6) is 0.434. The Morgan fingerprint density at radius 1 is 1.30 bits per heavy atom. The fraction of sp³-hybridized carbons (Fsp3) is 1.00. The molecule has 2 saturated heterocycles. The fourth-order valence-corrected chi connectivity index (χ4v) is 5.11. The molecule has 2 fully saturated rings. The maximum Gasteiger partial charge on any atom is 0.156 e. The Balaban J connectivity index is 2.45. The van der Waals surface area contributed by atoms with Gasteiger partial charge < -0.3 is 0 Å². The number of rotatable bonds is 0. The third-order valence-electron chi connectivity index (χ3n) is 2.93. The molecule has 2 rings (SSSR count). The van der Waals surface area contributed by atoms with Crippen LogP contribution in [0.4, 0.5) is 0 Å². The van der Waals surface area contributed by atoms with Crippen molar-refractivity contribution in [1.29, 1.82) is 0 Å². The summed E-state index contributed by atoms with van der Waals surface area (Å²) in [4.78, 5) is 0. The van der Waals surface area contributed by atoms with Crippen LogP contribution in [0.25, 0.3) is 0 Å². The van der Waals surface area contributed by atoms with E-state index in [2.05, 4.69) is 6.92 Å². The zero-order chi connectivity index (χ0) is 7.35. The molecule has 10 heavy (non-hydrogen) atoms. The van der Waals surface area contributed by atoms with Crippen LogP contribution in [0.5, 0.6) is 0 Å². The van der Waals surface area contributed by atoms with E-state index in [0.717, 1.165) is 19.3 Å². The lowest BCUT2D eigenvalue weighted by molar-refractivity contribution is 0.445. The van der Waals surface area contributed by atoms with Crippen molar-refractivity contribution in [3.8, 4) is 0 Å². The SMILES string of the molecule is C[C@H]1C[C@@H]2CC[C@H]1S2(=O)=O. The highest BCUT2D eigenvalue weighted by Gasteiger charge is 2.50. The van der Waals surface area contributed by atoms with Gasteiger partial charge in [0, 0.05) is 0 Å². The minimum atomic E-state index is -2.64. The summed E-state index contributed by atoms with van der Waals surface area (Å²) in [6, 6.07) is 0. The molecule has 0 aliphatic carbocycles. The van der Waals surface area contributed by atoms with Crippen molar-refractivity contribution in [2.75, 3.05) is 0 Å². The Hall–Kier alpha value is -0.0500. The molecule has 0 radical (unpaired) electrons. The minimum absolute atomic E-state index is 0.0255. The Morgan fingerprint density at radius 2 is 2.00 bits per heavy atom. The number of sulfone groups is 1. The molecule has 0 spiro atoms. The van der Waals surface area contributed by atoms with Crippen LogP contribution < -0.4 is 0 Å². The van der Waals surface area contributed by atoms with Gasteiger partial charge in [0.25, 0.3) is 0 Å². The van der Waals surface area contributed by atoms with Gasteiger partial charge in [-0.3, -0.25) is 0 Å². The zero-order valence-corrected chi connectivity index (χ0v) is 6.89. The monoisotopic (exact) mass is 160 g/mol. The van der Waals surface area contributed by atoms with Gasteiger partial charge in [-0.2, -0.15) is 0 Å². The average molecular weight is 160 g/mol. The van der Waals surface area contributed by atoms with Crippen molar-refractivity contribution >= 4 is 9.84 Å². The third kappa shape index (κ3) is 0.617. The second-order valence-corrected chi connectivity index (χ2v) is 5.99. The van der Waals surface area contributed by atoms with Crippen molar-refractivity contribution in [2.45, 2.75) is 36.7 Å². The Bertz CT molecular complexity index is 242. The maximum atomic E-state index is 11.4. The van der Waals surface area contributed by atoms with E-state index in [1.165, 1.54) is 0 Å². The maximum absolute atomic E-state index is 11.4. The van der Waals surface area contributed by atoms with Crippen molar-refractivity contribution in [3.05, 3.63) is 0 Å². The van der Waals surface area contributed by atoms with Gasteiger partial charge in [0.1, 0.15) is 0 Å². The molecular formula is C7H12O2S. The molecule has 3 atom stereocenters. The van der Waals surface area contributed by atoms with Gasteiger partial charge in [0.05, 0.1) is 10.5 Å². The summed E-state index contributed by atoms with van der Waals surface area (Å²) in [6.45, 7) is 2.06. The molecular weight excluding hydrogens is 148 g/mol. The Labute approximate surface area is 61.5 Å². The van der Waals surface area contributed by atoms with Crippen LogP contribution in [0.2, 0.25) is 0 Å². The van der Waals surface area contributed by atoms with Crippen LogP contribution in [-0.4, -0.2) is 18.9 Å². The number of hydrogen-bond acceptors (Lipinski definition) is 2. The van der Waals surface area contributed by atoms with Gasteiger partial charge >= 0.3 is 0 Å². The minimum Gasteiger partial charge on any atom is -0.228 e. The summed E-state index contributed by atoms with van der Waals surface area (Å²) in [5.41, 5.74) is 0. The first-order chi connectivity index (χ1) is 4.62.